The Morgan fingerprint density at radius 1 is 1.16 bits per heavy atom. The molecule has 0 fully saturated rings. The second-order valence-electron chi connectivity index (χ2n) is 5.86. The monoisotopic (exact) mass is 351 g/mol. The van der Waals surface area contributed by atoms with Crippen molar-refractivity contribution >= 4 is 11.9 Å². The maximum atomic E-state index is 12.7. The normalized spacial score (nSPS) is 11.7. The molecule has 0 heterocycles. The topological polar surface area (TPSA) is 65.1 Å². The van der Waals surface area contributed by atoms with E-state index < -0.39 is 0 Å². The summed E-state index contributed by atoms with van der Waals surface area (Å²) >= 11 is 0. The summed E-state index contributed by atoms with van der Waals surface area (Å²) in [5.41, 5.74) is 0.913. The fourth-order valence-corrected chi connectivity index (χ4v) is 2.48. The van der Waals surface area contributed by atoms with E-state index in [4.69, 9.17) is 14.2 Å². The number of esters is 1. The van der Waals surface area contributed by atoms with Gasteiger partial charge in [-0.15, -0.1) is 0 Å². The van der Waals surface area contributed by atoms with Crippen LogP contribution in [0, 0.1) is 5.92 Å². The van der Waals surface area contributed by atoms with Gasteiger partial charge in [-0.2, -0.15) is 0 Å². The molecule has 1 unspecified atom stereocenters. The van der Waals surface area contributed by atoms with Crippen molar-refractivity contribution in [2.24, 2.45) is 5.92 Å². The molecule has 1 rings (SSSR count). The highest BCUT2D eigenvalue weighted by molar-refractivity contribution is 5.80. The van der Waals surface area contributed by atoms with Crippen LogP contribution in [0.3, 0.4) is 0 Å². The van der Waals surface area contributed by atoms with Crippen LogP contribution in [0.1, 0.15) is 25.8 Å². The number of methoxy groups -OCH3 is 2. The van der Waals surface area contributed by atoms with Crippen LogP contribution in [-0.2, 0) is 25.5 Å². The highest BCUT2D eigenvalue weighted by Crippen LogP contribution is 2.14. The molecule has 0 aromatic heterocycles. The van der Waals surface area contributed by atoms with E-state index in [1.54, 1.807) is 18.9 Å². The standard InChI is InChI=1S/C19H29NO5/c1-5-25-17-9-7-16(8-10-17)13-18(21)20(11-6-12-23-3)14-15(2)19(22)24-4/h7-10,15H,5-6,11-14H2,1-4H3. The Morgan fingerprint density at radius 2 is 1.84 bits per heavy atom. The summed E-state index contributed by atoms with van der Waals surface area (Å²) in [6, 6.07) is 7.50. The van der Waals surface area contributed by atoms with Crippen molar-refractivity contribution in [3.63, 3.8) is 0 Å². The quantitative estimate of drug-likeness (QED) is 0.452. The molecule has 0 aliphatic carbocycles. The molecule has 0 N–H and O–H groups in total. The Balaban J connectivity index is 2.71. The molecule has 25 heavy (non-hydrogen) atoms. The predicted molar refractivity (Wildman–Crippen MR) is 95.6 cm³/mol. The summed E-state index contributed by atoms with van der Waals surface area (Å²) < 4.78 is 15.2. The fraction of sp³-hybridized carbons (Fsp3) is 0.579. The number of amides is 1. The lowest BCUT2D eigenvalue weighted by atomic mass is 10.1. The number of nitrogens with zero attached hydrogens (tertiary/aromatic N) is 1. The number of hydrogen-bond donors (Lipinski definition) is 0. The molecule has 1 amide bonds. The average molecular weight is 351 g/mol. The van der Waals surface area contributed by atoms with E-state index in [9.17, 15) is 9.59 Å². The van der Waals surface area contributed by atoms with Crippen LogP contribution in [0.2, 0.25) is 0 Å². The summed E-state index contributed by atoms with van der Waals surface area (Å²) in [5, 5.41) is 0. The van der Waals surface area contributed by atoms with Crippen LogP contribution >= 0.6 is 0 Å². The van der Waals surface area contributed by atoms with E-state index in [2.05, 4.69) is 0 Å². The third-order valence-corrected chi connectivity index (χ3v) is 3.82. The van der Waals surface area contributed by atoms with Crippen molar-refractivity contribution in [3.8, 4) is 5.75 Å². The van der Waals surface area contributed by atoms with Gasteiger partial charge in [0.25, 0.3) is 0 Å². The number of ether oxygens (including phenoxy) is 3. The van der Waals surface area contributed by atoms with Gasteiger partial charge in [0.15, 0.2) is 0 Å². The lowest BCUT2D eigenvalue weighted by Gasteiger charge is -2.25. The number of hydrogen-bond acceptors (Lipinski definition) is 5. The number of benzene rings is 1. The summed E-state index contributed by atoms with van der Waals surface area (Å²) in [5.74, 6) is 0.0911. The Labute approximate surface area is 150 Å². The minimum atomic E-state index is -0.364. The smallest absolute Gasteiger partial charge is 0.310 e. The van der Waals surface area contributed by atoms with Gasteiger partial charge in [0.1, 0.15) is 5.75 Å². The zero-order valence-corrected chi connectivity index (χ0v) is 15.6. The summed E-state index contributed by atoms with van der Waals surface area (Å²) in [7, 11) is 2.99. The molecule has 6 nitrogen and oxygen atoms in total. The van der Waals surface area contributed by atoms with Crippen molar-refractivity contribution in [1.82, 2.24) is 4.90 Å². The molecule has 0 radical (unpaired) electrons. The molecule has 0 bridgehead atoms. The summed E-state index contributed by atoms with van der Waals surface area (Å²) in [4.78, 5) is 26.0. The molecule has 0 aliphatic rings. The molecule has 1 aromatic carbocycles. The van der Waals surface area contributed by atoms with Gasteiger partial charge in [0.2, 0.25) is 5.91 Å². The number of carbonyl (C=O) groups is 2. The first-order valence-corrected chi connectivity index (χ1v) is 8.58. The SMILES string of the molecule is CCOc1ccc(CC(=O)N(CCCOC)CC(C)C(=O)OC)cc1. The number of rotatable bonds is 11. The Morgan fingerprint density at radius 3 is 2.40 bits per heavy atom. The van der Waals surface area contributed by atoms with Gasteiger partial charge in [0, 0.05) is 26.8 Å². The Bertz CT molecular complexity index is 529. The molecule has 6 heteroatoms. The molecule has 0 spiro atoms. The van der Waals surface area contributed by atoms with Gasteiger partial charge < -0.3 is 19.1 Å². The zero-order chi connectivity index (χ0) is 18.7. The molecule has 140 valence electrons. The molecule has 0 aliphatic heterocycles. The Hall–Kier alpha value is -2.08. The largest absolute Gasteiger partial charge is 0.494 e. The Kier molecular flexibility index (Phi) is 9.62. The second-order valence-corrected chi connectivity index (χ2v) is 5.86. The lowest BCUT2D eigenvalue weighted by Crippen LogP contribution is -2.39. The van der Waals surface area contributed by atoms with Crippen LogP contribution in [0.5, 0.6) is 5.75 Å². The van der Waals surface area contributed by atoms with E-state index in [0.717, 1.165) is 17.7 Å². The van der Waals surface area contributed by atoms with Crippen molar-refractivity contribution < 1.29 is 23.8 Å². The molecule has 1 aromatic rings. The molecule has 0 saturated carbocycles. The van der Waals surface area contributed by atoms with E-state index in [0.29, 0.717) is 26.3 Å². The number of carbonyl (C=O) groups excluding carboxylic acids is 2. The lowest BCUT2D eigenvalue weighted by molar-refractivity contribution is -0.146. The average Bonchev–Trinajstić information content (AvgIpc) is 2.62. The van der Waals surface area contributed by atoms with Crippen molar-refractivity contribution in [3.05, 3.63) is 29.8 Å². The van der Waals surface area contributed by atoms with Gasteiger partial charge in [-0.05, 0) is 31.0 Å². The molecule has 1 atom stereocenters. The van der Waals surface area contributed by atoms with Gasteiger partial charge in [-0.3, -0.25) is 9.59 Å². The first-order valence-electron chi connectivity index (χ1n) is 8.58. The van der Waals surface area contributed by atoms with Crippen LogP contribution in [0.4, 0.5) is 0 Å². The van der Waals surface area contributed by atoms with Crippen LogP contribution in [0.25, 0.3) is 0 Å². The highest BCUT2D eigenvalue weighted by atomic mass is 16.5. The van der Waals surface area contributed by atoms with Gasteiger partial charge in [-0.1, -0.05) is 19.1 Å². The van der Waals surface area contributed by atoms with E-state index in [1.165, 1.54) is 7.11 Å². The fourth-order valence-electron chi connectivity index (χ4n) is 2.48. The first kappa shape index (κ1) is 21.0. The molecular weight excluding hydrogens is 322 g/mol. The van der Waals surface area contributed by atoms with Gasteiger partial charge in [0.05, 0.1) is 26.1 Å². The van der Waals surface area contributed by atoms with E-state index >= 15 is 0 Å². The molecule has 0 saturated heterocycles. The third-order valence-electron chi connectivity index (χ3n) is 3.82. The summed E-state index contributed by atoms with van der Waals surface area (Å²) in [6.45, 7) is 5.75. The van der Waals surface area contributed by atoms with E-state index in [1.807, 2.05) is 31.2 Å². The second kappa shape index (κ2) is 11.5. The first-order chi connectivity index (χ1) is 12.0. The van der Waals surface area contributed by atoms with Crippen molar-refractivity contribution in [2.75, 3.05) is 40.5 Å². The maximum Gasteiger partial charge on any atom is 0.310 e. The van der Waals surface area contributed by atoms with Crippen LogP contribution in [-0.4, -0.2) is 57.3 Å². The zero-order valence-electron chi connectivity index (χ0n) is 15.6. The van der Waals surface area contributed by atoms with Crippen molar-refractivity contribution in [2.45, 2.75) is 26.7 Å². The third kappa shape index (κ3) is 7.56. The minimum Gasteiger partial charge on any atom is -0.494 e. The molecular formula is C19H29NO5. The van der Waals surface area contributed by atoms with Crippen LogP contribution in [0.15, 0.2) is 24.3 Å². The predicted octanol–water partition coefficient (Wildman–Crippen LogP) is 2.30. The van der Waals surface area contributed by atoms with E-state index in [-0.39, 0.29) is 24.2 Å². The maximum absolute atomic E-state index is 12.7. The van der Waals surface area contributed by atoms with Gasteiger partial charge >= 0.3 is 5.97 Å². The van der Waals surface area contributed by atoms with Gasteiger partial charge in [-0.25, -0.2) is 0 Å². The summed E-state index contributed by atoms with van der Waals surface area (Å²) in [6.07, 6.45) is 1.01. The minimum absolute atomic E-state index is 0.0176. The highest BCUT2D eigenvalue weighted by Gasteiger charge is 2.21. The van der Waals surface area contributed by atoms with Crippen molar-refractivity contribution in [1.29, 1.82) is 0 Å². The van der Waals surface area contributed by atoms with Crippen LogP contribution < -0.4 is 4.74 Å².